The Morgan fingerprint density at radius 3 is 2.12 bits per heavy atom. The summed E-state index contributed by atoms with van der Waals surface area (Å²) in [6.07, 6.45) is 4.35. The minimum Gasteiger partial charge on any atom is -0.289 e. The van der Waals surface area contributed by atoms with Gasteiger partial charge in [-0.2, -0.15) is 0 Å². The van der Waals surface area contributed by atoms with Crippen molar-refractivity contribution in [3.05, 3.63) is 119 Å². The number of hydrogen-bond acceptors (Lipinski definition) is 1. The van der Waals surface area contributed by atoms with E-state index in [1.807, 2.05) is 48.5 Å². The molecule has 3 aromatic rings. The maximum Gasteiger partial charge on any atom is 0.193 e. The normalized spacial score (nSPS) is 10.2. The van der Waals surface area contributed by atoms with Gasteiger partial charge in [-0.3, -0.25) is 4.79 Å². The highest BCUT2D eigenvalue weighted by atomic mass is 16.1. The molecule has 3 rings (SSSR count). The van der Waals surface area contributed by atoms with Crippen LogP contribution in [-0.2, 0) is 6.42 Å². The zero-order valence-corrected chi connectivity index (χ0v) is 14.1. The largest absolute Gasteiger partial charge is 0.289 e. The number of carbonyl (C=O) groups is 1. The fraction of sp³-hybridized carbons (Fsp3) is 0.0417. The van der Waals surface area contributed by atoms with Gasteiger partial charge in [0.05, 0.1) is 0 Å². The van der Waals surface area contributed by atoms with Crippen molar-refractivity contribution in [2.45, 2.75) is 6.42 Å². The van der Waals surface area contributed by atoms with Crippen LogP contribution in [-0.4, -0.2) is 5.78 Å². The van der Waals surface area contributed by atoms with Crippen LogP contribution in [0.3, 0.4) is 0 Å². The van der Waals surface area contributed by atoms with E-state index in [9.17, 15) is 4.79 Å². The minimum absolute atomic E-state index is 0.0272. The summed E-state index contributed by atoms with van der Waals surface area (Å²) >= 11 is 0. The Kier molecular flexibility index (Phi) is 5.06. The average Bonchev–Trinajstić information content (AvgIpc) is 2.68. The molecule has 0 aliphatic carbocycles. The molecule has 0 aliphatic heterocycles. The second-order valence-corrected chi connectivity index (χ2v) is 5.94. The van der Waals surface area contributed by atoms with Crippen LogP contribution in [0.2, 0.25) is 0 Å². The van der Waals surface area contributed by atoms with Crippen LogP contribution >= 0.6 is 0 Å². The monoisotopic (exact) mass is 324 g/mol. The topological polar surface area (TPSA) is 17.1 Å². The highest BCUT2D eigenvalue weighted by Crippen LogP contribution is 2.20. The number of hydrogen-bond donors (Lipinski definition) is 0. The third kappa shape index (κ3) is 3.84. The van der Waals surface area contributed by atoms with E-state index in [1.54, 1.807) is 6.08 Å². The molecule has 0 fully saturated rings. The van der Waals surface area contributed by atoms with E-state index in [-0.39, 0.29) is 5.78 Å². The molecule has 1 nitrogen and oxygen atoms in total. The molecule has 0 saturated carbocycles. The second-order valence-electron chi connectivity index (χ2n) is 5.94. The lowest BCUT2D eigenvalue weighted by molar-refractivity contribution is 0.103. The predicted octanol–water partition coefficient (Wildman–Crippen LogP) is 5.79. The predicted molar refractivity (Wildman–Crippen MR) is 106 cm³/mol. The SMILES string of the molecule is C=Cc1ccc(Cc2ccc(C=C)c(C(=O)c3ccccc3)c2)cc1. The zero-order chi connectivity index (χ0) is 17.6. The zero-order valence-electron chi connectivity index (χ0n) is 14.1. The van der Waals surface area contributed by atoms with Crippen LogP contribution in [0.15, 0.2) is 86.0 Å². The fourth-order valence-corrected chi connectivity index (χ4v) is 2.84. The van der Waals surface area contributed by atoms with Crippen molar-refractivity contribution in [2.24, 2.45) is 0 Å². The Balaban J connectivity index is 1.93. The summed E-state index contributed by atoms with van der Waals surface area (Å²) in [6, 6.07) is 23.7. The number of carbonyl (C=O) groups excluding carboxylic acids is 1. The van der Waals surface area contributed by atoms with Crippen molar-refractivity contribution in [3.63, 3.8) is 0 Å². The van der Waals surface area contributed by atoms with Crippen molar-refractivity contribution in [2.75, 3.05) is 0 Å². The van der Waals surface area contributed by atoms with Gasteiger partial charge in [0.2, 0.25) is 0 Å². The van der Waals surface area contributed by atoms with Gasteiger partial charge < -0.3 is 0 Å². The first-order chi connectivity index (χ1) is 12.2. The van der Waals surface area contributed by atoms with Crippen LogP contribution in [0.5, 0.6) is 0 Å². The van der Waals surface area contributed by atoms with Gasteiger partial charge in [0.25, 0.3) is 0 Å². The van der Waals surface area contributed by atoms with Crippen LogP contribution < -0.4 is 0 Å². The van der Waals surface area contributed by atoms with E-state index in [0.29, 0.717) is 11.1 Å². The number of rotatable bonds is 6. The molecule has 25 heavy (non-hydrogen) atoms. The van der Waals surface area contributed by atoms with Crippen molar-refractivity contribution in [3.8, 4) is 0 Å². The van der Waals surface area contributed by atoms with Gasteiger partial charge in [0, 0.05) is 11.1 Å². The summed E-state index contributed by atoms with van der Waals surface area (Å²) in [7, 11) is 0. The van der Waals surface area contributed by atoms with E-state index < -0.39 is 0 Å². The fourth-order valence-electron chi connectivity index (χ4n) is 2.84. The minimum atomic E-state index is 0.0272. The van der Waals surface area contributed by atoms with E-state index in [2.05, 4.69) is 43.5 Å². The molecule has 0 saturated heterocycles. The average molecular weight is 324 g/mol. The smallest absolute Gasteiger partial charge is 0.193 e. The maximum absolute atomic E-state index is 12.9. The lowest BCUT2D eigenvalue weighted by Gasteiger charge is -2.09. The lowest BCUT2D eigenvalue weighted by Crippen LogP contribution is -2.04. The molecule has 0 bridgehead atoms. The van der Waals surface area contributed by atoms with Gasteiger partial charge >= 0.3 is 0 Å². The molecule has 0 radical (unpaired) electrons. The maximum atomic E-state index is 12.9. The Bertz CT molecular complexity index is 903. The Hall–Kier alpha value is -3.19. The first-order valence-corrected chi connectivity index (χ1v) is 8.28. The Labute approximate surface area is 149 Å². The number of benzene rings is 3. The molecular weight excluding hydrogens is 304 g/mol. The number of ketones is 1. The van der Waals surface area contributed by atoms with Crippen LogP contribution in [0.25, 0.3) is 12.2 Å². The molecular formula is C24H20O. The van der Waals surface area contributed by atoms with Crippen molar-refractivity contribution >= 4 is 17.9 Å². The van der Waals surface area contributed by atoms with Gasteiger partial charge in [-0.1, -0.05) is 92.0 Å². The lowest BCUT2D eigenvalue weighted by atomic mass is 9.94. The highest BCUT2D eigenvalue weighted by molar-refractivity contribution is 6.11. The van der Waals surface area contributed by atoms with Gasteiger partial charge in [-0.25, -0.2) is 0 Å². The molecule has 0 amide bonds. The molecule has 0 aliphatic rings. The molecule has 0 aromatic heterocycles. The molecule has 0 atom stereocenters. The summed E-state index contributed by atoms with van der Waals surface area (Å²) in [5.74, 6) is 0.0272. The summed E-state index contributed by atoms with van der Waals surface area (Å²) in [5.41, 5.74) is 5.66. The Morgan fingerprint density at radius 1 is 0.800 bits per heavy atom. The van der Waals surface area contributed by atoms with Crippen molar-refractivity contribution in [1.82, 2.24) is 0 Å². The third-order valence-corrected chi connectivity index (χ3v) is 4.24. The highest BCUT2D eigenvalue weighted by Gasteiger charge is 2.13. The molecule has 0 heterocycles. The Morgan fingerprint density at radius 2 is 1.48 bits per heavy atom. The van der Waals surface area contributed by atoms with Gasteiger partial charge in [-0.15, -0.1) is 0 Å². The summed E-state index contributed by atoms with van der Waals surface area (Å²) in [6.45, 7) is 7.62. The summed E-state index contributed by atoms with van der Waals surface area (Å²) in [5, 5.41) is 0. The molecule has 0 spiro atoms. The van der Waals surface area contributed by atoms with Crippen molar-refractivity contribution in [1.29, 1.82) is 0 Å². The van der Waals surface area contributed by atoms with Gasteiger partial charge in [-0.05, 0) is 34.7 Å². The first-order valence-electron chi connectivity index (χ1n) is 8.28. The van der Waals surface area contributed by atoms with Gasteiger partial charge in [0.15, 0.2) is 5.78 Å². The van der Waals surface area contributed by atoms with Crippen LogP contribution in [0.1, 0.15) is 38.2 Å². The molecule has 122 valence electrons. The van der Waals surface area contributed by atoms with E-state index in [4.69, 9.17) is 0 Å². The molecule has 0 N–H and O–H groups in total. The summed E-state index contributed by atoms with van der Waals surface area (Å²) in [4.78, 5) is 12.9. The van der Waals surface area contributed by atoms with E-state index in [0.717, 1.165) is 23.1 Å². The van der Waals surface area contributed by atoms with Crippen molar-refractivity contribution < 1.29 is 4.79 Å². The van der Waals surface area contributed by atoms with Crippen LogP contribution in [0.4, 0.5) is 0 Å². The van der Waals surface area contributed by atoms with Gasteiger partial charge in [0.1, 0.15) is 0 Å². The molecule has 0 unspecified atom stereocenters. The van der Waals surface area contributed by atoms with E-state index in [1.165, 1.54) is 5.56 Å². The van der Waals surface area contributed by atoms with Crippen LogP contribution in [0, 0.1) is 0 Å². The second kappa shape index (κ2) is 7.59. The first kappa shape index (κ1) is 16.7. The summed E-state index contributed by atoms with van der Waals surface area (Å²) < 4.78 is 0. The standard InChI is InChI=1S/C24H20O/c1-3-18-10-12-19(13-11-18)16-20-14-15-21(4-2)23(17-20)24(25)22-8-6-5-7-9-22/h3-15,17H,1-2,16H2. The quantitative estimate of drug-likeness (QED) is 0.524. The third-order valence-electron chi connectivity index (χ3n) is 4.24. The molecule has 3 aromatic carbocycles. The van der Waals surface area contributed by atoms with E-state index >= 15 is 0 Å². The molecule has 1 heteroatoms.